The number of hydrogen-bond acceptors (Lipinski definition) is 2. The molecule has 47 heavy (non-hydrogen) atoms. The Morgan fingerprint density at radius 2 is 1.36 bits per heavy atom. The average molecular weight is 638 g/mol. The SMILES string of the molecule is CC1CCC2C(C1)C1C(C3CCCCC3C1C(c1ccccc1)(c1ccccc1)C1CCC(CCCCCCOC(C)(C)C)C1)N2C. The Hall–Kier alpha value is -1.64. The first kappa shape index (κ1) is 33.8. The molecule has 1 heterocycles. The predicted octanol–water partition coefficient (Wildman–Crippen LogP) is 11.3. The van der Waals surface area contributed by atoms with Crippen LogP contribution < -0.4 is 0 Å². The van der Waals surface area contributed by atoms with E-state index in [1.165, 1.54) is 96.3 Å². The quantitative estimate of drug-likeness (QED) is 0.227. The van der Waals surface area contributed by atoms with Crippen LogP contribution in [0.3, 0.4) is 0 Å². The molecule has 2 aromatic carbocycles. The molecule has 10 unspecified atom stereocenters. The molecule has 10 atom stereocenters. The van der Waals surface area contributed by atoms with Crippen LogP contribution in [0.2, 0.25) is 0 Å². The summed E-state index contributed by atoms with van der Waals surface area (Å²) in [6.07, 6.45) is 21.1. The summed E-state index contributed by atoms with van der Waals surface area (Å²) in [5, 5.41) is 0. The molecule has 1 aliphatic heterocycles. The summed E-state index contributed by atoms with van der Waals surface area (Å²) in [5.74, 6) is 6.68. The minimum atomic E-state index is -0.0100. The highest BCUT2D eigenvalue weighted by Crippen LogP contribution is 2.68. The fraction of sp³-hybridized carbons (Fsp3) is 0.733. The van der Waals surface area contributed by atoms with E-state index in [0.29, 0.717) is 0 Å². The molecule has 2 heteroatoms. The molecule has 5 aliphatic rings. The molecule has 0 bridgehead atoms. The van der Waals surface area contributed by atoms with Crippen LogP contribution in [0.5, 0.6) is 0 Å². The largest absolute Gasteiger partial charge is 0.376 e. The van der Waals surface area contributed by atoms with Gasteiger partial charge in [0.25, 0.3) is 0 Å². The second-order valence-electron chi connectivity index (χ2n) is 18.2. The van der Waals surface area contributed by atoms with Gasteiger partial charge >= 0.3 is 0 Å². The normalized spacial score (nSPS) is 35.9. The van der Waals surface area contributed by atoms with Gasteiger partial charge in [-0.2, -0.15) is 0 Å². The fourth-order valence-corrected chi connectivity index (χ4v) is 12.9. The highest BCUT2D eigenvalue weighted by molar-refractivity contribution is 5.44. The average Bonchev–Trinajstić information content (AvgIpc) is 3.76. The maximum Gasteiger partial charge on any atom is 0.0598 e. The van der Waals surface area contributed by atoms with E-state index >= 15 is 0 Å². The second-order valence-corrected chi connectivity index (χ2v) is 18.2. The number of likely N-dealkylation sites (tertiary alicyclic amines) is 1. The molecule has 0 N–H and O–H groups in total. The van der Waals surface area contributed by atoms with Crippen LogP contribution in [-0.2, 0) is 10.2 Å². The lowest BCUT2D eigenvalue weighted by Gasteiger charge is -2.52. The van der Waals surface area contributed by atoms with Gasteiger partial charge in [0.1, 0.15) is 0 Å². The van der Waals surface area contributed by atoms with Crippen molar-refractivity contribution in [2.75, 3.05) is 13.7 Å². The van der Waals surface area contributed by atoms with Crippen LogP contribution in [-0.4, -0.2) is 36.2 Å². The standard InChI is InChI=1S/C45H67NO/c1-32-25-28-40-39(30-32)41-42(37-23-15-16-24-38(37)43(41)46(40)5)45(34-19-11-8-12-20-34,35-21-13-9-14-22-35)36-27-26-33(31-36)18-10-6-7-17-29-47-44(2,3)4/h8-9,11-14,19-22,32-33,36-43H,6-7,10,15-18,23-31H2,1-5H3. The molecule has 258 valence electrons. The molecule has 7 rings (SSSR count). The van der Waals surface area contributed by atoms with Gasteiger partial charge in [0.2, 0.25) is 0 Å². The van der Waals surface area contributed by atoms with Gasteiger partial charge in [-0.3, -0.25) is 4.90 Å². The number of unbranched alkanes of at least 4 members (excludes halogenated alkanes) is 3. The van der Waals surface area contributed by atoms with Crippen molar-refractivity contribution in [1.82, 2.24) is 4.90 Å². The van der Waals surface area contributed by atoms with Gasteiger partial charge in [-0.1, -0.05) is 113 Å². The van der Waals surface area contributed by atoms with E-state index in [4.69, 9.17) is 4.74 Å². The van der Waals surface area contributed by atoms with Crippen molar-refractivity contribution < 1.29 is 4.74 Å². The summed E-state index contributed by atoms with van der Waals surface area (Å²) >= 11 is 0. The van der Waals surface area contributed by atoms with Crippen molar-refractivity contribution >= 4 is 0 Å². The Morgan fingerprint density at radius 3 is 2.04 bits per heavy atom. The van der Waals surface area contributed by atoms with Gasteiger partial charge in [-0.15, -0.1) is 0 Å². The zero-order valence-electron chi connectivity index (χ0n) is 30.7. The van der Waals surface area contributed by atoms with E-state index in [2.05, 4.69) is 100 Å². The third kappa shape index (κ3) is 6.54. The van der Waals surface area contributed by atoms with E-state index in [0.717, 1.165) is 66.0 Å². The van der Waals surface area contributed by atoms with Crippen LogP contribution in [0, 0.1) is 47.3 Å². The van der Waals surface area contributed by atoms with Gasteiger partial charge < -0.3 is 4.74 Å². The van der Waals surface area contributed by atoms with E-state index in [-0.39, 0.29) is 11.0 Å². The second kappa shape index (κ2) is 14.3. The summed E-state index contributed by atoms with van der Waals surface area (Å²) in [4.78, 5) is 2.99. The number of benzene rings is 2. The van der Waals surface area contributed by atoms with Crippen molar-refractivity contribution in [1.29, 1.82) is 0 Å². The van der Waals surface area contributed by atoms with Crippen LogP contribution in [0.15, 0.2) is 60.7 Å². The van der Waals surface area contributed by atoms with Crippen LogP contribution in [0.4, 0.5) is 0 Å². The van der Waals surface area contributed by atoms with Crippen molar-refractivity contribution in [2.45, 2.75) is 147 Å². The van der Waals surface area contributed by atoms with E-state index in [9.17, 15) is 0 Å². The van der Waals surface area contributed by atoms with Crippen LogP contribution in [0.25, 0.3) is 0 Å². The van der Waals surface area contributed by atoms with Gasteiger partial charge in [-0.25, -0.2) is 0 Å². The molecule has 0 spiro atoms. The molecule has 2 aromatic rings. The minimum absolute atomic E-state index is 0.0100. The zero-order chi connectivity index (χ0) is 32.6. The Bertz CT molecular complexity index is 1230. The predicted molar refractivity (Wildman–Crippen MR) is 198 cm³/mol. The van der Waals surface area contributed by atoms with Crippen LogP contribution in [0.1, 0.15) is 135 Å². The molecule has 4 aliphatic carbocycles. The lowest BCUT2D eigenvalue weighted by atomic mass is 9.51. The first-order valence-electron chi connectivity index (χ1n) is 20.3. The molecule has 5 fully saturated rings. The van der Waals surface area contributed by atoms with Crippen molar-refractivity contribution in [2.24, 2.45) is 47.3 Å². The number of nitrogens with zero attached hydrogens (tertiary/aromatic N) is 1. The topological polar surface area (TPSA) is 12.5 Å². The van der Waals surface area contributed by atoms with Gasteiger partial charge in [0, 0.05) is 24.1 Å². The van der Waals surface area contributed by atoms with E-state index in [1.54, 1.807) is 11.1 Å². The lowest BCUT2D eigenvalue weighted by molar-refractivity contribution is -0.00476. The highest BCUT2D eigenvalue weighted by Gasteiger charge is 2.67. The third-order valence-corrected chi connectivity index (χ3v) is 14.5. The maximum atomic E-state index is 6.00. The summed E-state index contributed by atoms with van der Waals surface area (Å²) in [6, 6.07) is 25.9. The smallest absolute Gasteiger partial charge is 0.0598 e. The molecule has 0 aromatic heterocycles. The number of ether oxygens (including phenoxy) is 1. The highest BCUT2D eigenvalue weighted by atomic mass is 16.5. The number of rotatable bonds is 11. The Balaban J connectivity index is 1.22. The van der Waals surface area contributed by atoms with Crippen molar-refractivity contribution in [3.63, 3.8) is 0 Å². The van der Waals surface area contributed by atoms with Gasteiger partial charge in [0.05, 0.1) is 5.60 Å². The van der Waals surface area contributed by atoms with Crippen LogP contribution >= 0.6 is 0 Å². The number of hydrogen-bond donors (Lipinski definition) is 0. The Labute approximate surface area is 288 Å². The summed E-state index contributed by atoms with van der Waals surface area (Å²) < 4.78 is 6.00. The van der Waals surface area contributed by atoms with Crippen molar-refractivity contribution in [3.05, 3.63) is 71.8 Å². The summed E-state index contributed by atoms with van der Waals surface area (Å²) in [6.45, 7) is 10.0. The first-order chi connectivity index (χ1) is 22.8. The molecular weight excluding hydrogens is 571 g/mol. The van der Waals surface area contributed by atoms with E-state index < -0.39 is 0 Å². The molecule has 4 saturated carbocycles. The Morgan fingerprint density at radius 1 is 0.702 bits per heavy atom. The molecule has 0 amide bonds. The number of fused-ring (bicyclic) bond motifs is 5. The molecule has 1 saturated heterocycles. The molecular formula is C45H67NO. The minimum Gasteiger partial charge on any atom is -0.376 e. The maximum absolute atomic E-state index is 6.00. The zero-order valence-corrected chi connectivity index (χ0v) is 30.7. The van der Waals surface area contributed by atoms with Gasteiger partial charge in [-0.05, 0) is 138 Å². The third-order valence-electron chi connectivity index (χ3n) is 14.5. The molecule has 2 nitrogen and oxygen atoms in total. The summed E-state index contributed by atoms with van der Waals surface area (Å²) in [5.41, 5.74) is 3.41. The lowest BCUT2D eigenvalue weighted by Crippen LogP contribution is -2.50. The fourth-order valence-electron chi connectivity index (χ4n) is 12.9. The summed E-state index contributed by atoms with van der Waals surface area (Å²) in [7, 11) is 2.57. The van der Waals surface area contributed by atoms with Gasteiger partial charge in [0.15, 0.2) is 0 Å². The van der Waals surface area contributed by atoms with E-state index in [1.807, 2.05) is 0 Å². The van der Waals surface area contributed by atoms with Crippen molar-refractivity contribution in [3.8, 4) is 0 Å². The monoisotopic (exact) mass is 638 g/mol. The Kier molecular flexibility index (Phi) is 10.3. The molecule has 0 radical (unpaired) electrons. The first-order valence-corrected chi connectivity index (χ1v) is 20.3.